The Bertz CT molecular complexity index is 1300. The fourth-order valence-corrected chi connectivity index (χ4v) is 3.87. The molecule has 2 aliphatic rings. The number of rotatable bonds is 0. The zero-order valence-electron chi connectivity index (χ0n) is 14.8. The molecule has 0 radical (unpaired) electrons. The predicted octanol–water partition coefficient (Wildman–Crippen LogP) is 3.63. The normalized spacial score (nSPS) is 15.2. The Kier molecular flexibility index (Phi) is 3.48. The van der Waals surface area contributed by atoms with E-state index in [9.17, 15) is 38.4 Å². The molecule has 0 bridgehead atoms. The van der Waals surface area contributed by atoms with Gasteiger partial charge in [-0.05, 0) is 12.1 Å². The van der Waals surface area contributed by atoms with E-state index < -0.39 is 80.1 Å². The number of ether oxygens (including phenoxy) is 2. The van der Waals surface area contributed by atoms with Gasteiger partial charge in [-0.3, -0.25) is 0 Å². The van der Waals surface area contributed by atoms with Crippen molar-refractivity contribution in [3.8, 4) is 34.5 Å². The van der Waals surface area contributed by atoms with Gasteiger partial charge in [-0.25, -0.2) is 22.4 Å². The molecule has 7 nitrogen and oxygen atoms in total. The van der Waals surface area contributed by atoms with Crippen LogP contribution in [0.3, 0.4) is 0 Å². The quantitative estimate of drug-likeness (QED) is 0.140. The van der Waals surface area contributed by atoms with Crippen molar-refractivity contribution in [1.82, 2.24) is 0 Å². The second kappa shape index (κ2) is 5.72. The average Bonchev–Trinajstić information content (AvgIpc) is 3.02. The van der Waals surface area contributed by atoms with Crippen LogP contribution in [0.1, 0.15) is 27.0 Å². The van der Waals surface area contributed by atoms with Crippen LogP contribution in [0.5, 0.6) is 34.5 Å². The van der Waals surface area contributed by atoms with E-state index in [4.69, 9.17) is 9.47 Å². The minimum absolute atomic E-state index is 0.349. The van der Waals surface area contributed by atoms with Crippen LogP contribution >= 0.6 is 0 Å². The summed E-state index contributed by atoms with van der Waals surface area (Å²) in [4.78, 5) is 12.5. The Labute approximate surface area is 168 Å². The van der Waals surface area contributed by atoms with E-state index in [0.29, 0.717) is 0 Å². The van der Waals surface area contributed by atoms with Crippen molar-refractivity contribution in [2.24, 2.45) is 0 Å². The van der Waals surface area contributed by atoms with Gasteiger partial charge in [0.2, 0.25) is 0 Å². The molecule has 1 spiro atoms. The number of fused-ring (bicyclic) bond motifs is 6. The van der Waals surface area contributed by atoms with E-state index in [2.05, 4.69) is 0 Å². The second-order valence-corrected chi connectivity index (χ2v) is 6.85. The van der Waals surface area contributed by atoms with E-state index in [1.807, 2.05) is 0 Å². The summed E-state index contributed by atoms with van der Waals surface area (Å²) in [5.74, 6) is -13.7. The number of hydrogen-bond donors (Lipinski definition) is 4. The van der Waals surface area contributed by atoms with E-state index in [0.717, 1.165) is 24.3 Å². The highest BCUT2D eigenvalue weighted by atomic mass is 19.2. The topological polar surface area (TPSA) is 116 Å². The van der Waals surface area contributed by atoms with Crippen LogP contribution < -0.4 is 4.74 Å². The van der Waals surface area contributed by atoms with Gasteiger partial charge >= 0.3 is 5.97 Å². The first kappa shape index (κ1) is 18.9. The minimum atomic E-state index is -2.56. The third-order valence-corrected chi connectivity index (χ3v) is 5.20. The number of halogens is 4. The first-order valence-corrected chi connectivity index (χ1v) is 8.48. The molecule has 3 aromatic carbocycles. The van der Waals surface area contributed by atoms with Crippen LogP contribution in [-0.4, -0.2) is 26.4 Å². The molecule has 5 rings (SSSR count). The van der Waals surface area contributed by atoms with Gasteiger partial charge in [-0.15, -0.1) is 0 Å². The zero-order chi connectivity index (χ0) is 22.4. The van der Waals surface area contributed by atoms with Gasteiger partial charge in [0.15, 0.2) is 51.9 Å². The highest BCUT2D eigenvalue weighted by Crippen LogP contribution is 2.60. The summed E-state index contributed by atoms with van der Waals surface area (Å²) in [5, 5.41) is 39.5. The summed E-state index contributed by atoms with van der Waals surface area (Å²) in [5.41, 5.74) is -5.66. The first-order valence-electron chi connectivity index (χ1n) is 8.48. The summed E-state index contributed by atoms with van der Waals surface area (Å²) in [6, 6.07) is 3.27. The summed E-state index contributed by atoms with van der Waals surface area (Å²) in [7, 11) is 0. The standard InChI is InChI=1S/C20H8F4O7/c21-15-13-14(16(22)18(24)17(15)23)20(31-19(13)29)5-1-7(25)9(27)3-11(5)30-12-4-10(28)8(26)2-6(12)20/h1-4,25-28H. The molecule has 0 unspecified atom stereocenters. The molecule has 2 heterocycles. The van der Waals surface area contributed by atoms with Crippen LogP contribution in [0.4, 0.5) is 17.6 Å². The molecule has 0 aliphatic carbocycles. The van der Waals surface area contributed by atoms with E-state index in [1.54, 1.807) is 0 Å². The molecule has 3 aromatic rings. The second-order valence-electron chi connectivity index (χ2n) is 6.85. The maximum absolute atomic E-state index is 15.0. The summed E-state index contributed by atoms with van der Waals surface area (Å²) < 4.78 is 68.3. The monoisotopic (exact) mass is 436 g/mol. The number of aromatic hydroxyl groups is 4. The molecule has 0 amide bonds. The Morgan fingerprint density at radius 1 is 0.677 bits per heavy atom. The number of hydrogen-bond acceptors (Lipinski definition) is 7. The van der Waals surface area contributed by atoms with Gasteiger partial charge in [0.25, 0.3) is 0 Å². The number of benzene rings is 3. The van der Waals surface area contributed by atoms with E-state index in [1.165, 1.54) is 0 Å². The molecule has 158 valence electrons. The molecule has 31 heavy (non-hydrogen) atoms. The van der Waals surface area contributed by atoms with Crippen LogP contribution in [0.15, 0.2) is 24.3 Å². The number of esters is 1. The number of phenols is 4. The van der Waals surface area contributed by atoms with Gasteiger partial charge in [-0.2, -0.15) is 0 Å². The van der Waals surface area contributed by atoms with E-state index >= 15 is 4.39 Å². The van der Waals surface area contributed by atoms with Crippen molar-refractivity contribution in [2.75, 3.05) is 0 Å². The highest BCUT2D eigenvalue weighted by Gasteiger charge is 2.58. The molecular formula is C20H8F4O7. The van der Waals surface area contributed by atoms with Crippen LogP contribution in [0, 0.1) is 23.3 Å². The Hall–Kier alpha value is -4.15. The Balaban J connectivity index is 2.00. The zero-order valence-corrected chi connectivity index (χ0v) is 14.8. The fourth-order valence-electron chi connectivity index (χ4n) is 3.87. The molecular weight excluding hydrogens is 428 g/mol. The van der Waals surface area contributed by atoms with Crippen molar-refractivity contribution in [1.29, 1.82) is 0 Å². The third kappa shape index (κ3) is 2.14. The predicted molar refractivity (Wildman–Crippen MR) is 91.2 cm³/mol. The lowest BCUT2D eigenvalue weighted by atomic mass is 9.77. The molecule has 0 saturated carbocycles. The molecule has 0 fully saturated rings. The first-order chi connectivity index (χ1) is 14.6. The van der Waals surface area contributed by atoms with Crippen molar-refractivity contribution in [3.63, 3.8) is 0 Å². The lowest BCUT2D eigenvalue weighted by Gasteiger charge is -2.36. The summed E-state index contributed by atoms with van der Waals surface area (Å²) >= 11 is 0. The van der Waals surface area contributed by atoms with Gasteiger partial charge < -0.3 is 29.9 Å². The number of phenolic OH excluding ortho intramolecular Hbond substituents is 4. The molecule has 0 aromatic heterocycles. The molecule has 11 heteroatoms. The molecule has 0 atom stereocenters. The fraction of sp³-hybridized carbons (Fsp3) is 0.0500. The van der Waals surface area contributed by atoms with Gasteiger partial charge in [0, 0.05) is 12.1 Å². The maximum Gasteiger partial charge on any atom is 0.343 e. The minimum Gasteiger partial charge on any atom is -0.504 e. The number of carbonyl (C=O) groups excluding carboxylic acids is 1. The van der Waals surface area contributed by atoms with Gasteiger partial charge in [-0.1, -0.05) is 0 Å². The molecule has 0 saturated heterocycles. The van der Waals surface area contributed by atoms with E-state index in [-0.39, 0.29) is 11.5 Å². The van der Waals surface area contributed by atoms with Crippen LogP contribution in [-0.2, 0) is 10.3 Å². The average molecular weight is 436 g/mol. The highest BCUT2D eigenvalue weighted by molar-refractivity contribution is 5.97. The van der Waals surface area contributed by atoms with Crippen molar-refractivity contribution in [3.05, 3.63) is 69.8 Å². The van der Waals surface area contributed by atoms with Crippen LogP contribution in [0.2, 0.25) is 0 Å². The Morgan fingerprint density at radius 3 is 1.65 bits per heavy atom. The molecule has 4 N–H and O–H groups in total. The van der Waals surface area contributed by atoms with Gasteiger partial charge in [0.1, 0.15) is 17.1 Å². The smallest absolute Gasteiger partial charge is 0.343 e. The van der Waals surface area contributed by atoms with Gasteiger partial charge in [0.05, 0.1) is 16.7 Å². The lowest BCUT2D eigenvalue weighted by molar-refractivity contribution is 0.0213. The third-order valence-electron chi connectivity index (χ3n) is 5.20. The lowest BCUT2D eigenvalue weighted by Crippen LogP contribution is -2.34. The largest absolute Gasteiger partial charge is 0.504 e. The SMILES string of the molecule is O=C1OC2(c3cc(O)c(O)cc3Oc3cc(O)c(O)cc32)c2c(F)c(F)c(F)c(F)c21. The van der Waals surface area contributed by atoms with Crippen molar-refractivity contribution < 1.29 is 52.3 Å². The van der Waals surface area contributed by atoms with Crippen molar-refractivity contribution >= 4 is 5.97 Å². The molecule has 2 aliphatic heterocycles. The summed E-state index contributed by atoms with van der Waals surface area (Å²) in [6.07, 6.45) is 0. The van der Waals surface area contributed by atoms with Crippen molar-refractivity contribution in [2.45, 2.75) is 5.60 Å². The van der Waals surface area contributed by atoms with Crippen LogP contribution in [0.25, 0.3) is 0 Å². The summed E-state index contributed by atoms with van der Waals surface area (Å²) in [6.45, 7) is 0. The Morgan fingerprint density at radius 2 is 1.13 bits per heavy atom. The maximum atomic E-state index is 15.0. The number of carbonyl (C=O) groups is 1.